The largest absolute Gasteiger partial charge is 0.339 e. The number of carbonyl (C=O) groups is 1. The average Bonchev–Trinajstić information content (AvgIpc) is 2.85. The van der Waals surface area contributed by atoms with Crippen LogP contribution < -0.4 is 10.6 Å². The second kappa shape index (κ2) is 5.61. The number of aryl methyl sites for hydroxylation is 1. The molecule has 0 unspecified atom stereocenters. The fourth-order valence-electron chi connectivity index (χ4n) is 2.08. The van der Waals surface area contributed by atoms with Crippen molar-refractivity contribution >= 4 is 45.7 Å². The molecule has 7 nitrogen and oxygen atoms in total. The number of benzene rings is 1. The Hall–Kier alpha value is -2.67. The van der Waals surface area contributed by atoms with Crippen molar-refractivity contribution < 1.29 is 4.79 Å². The van der Waals surface area contributed by atoms with Crippen molar-refractivity contribution in [3.8, 4) is 0 Å². The van der Waals surface area contributed by atoms with Gasteiger partial charge in [0.05, 0.1) is 22.3 Å². The summed E-state index contributed by atoms with van der Waals surface area (Å²) in [7, 11) is 1.82. The van der Waals surface area contributed by atoms with Gasteiger partial charge in [0.25, 0.3) is 0 Å². The van der Waals surface area contributed by atoms with Gasteiger partial charge in [0.2, 0.25) is 5.91 Å². The van der Waals surface area contributed by atoms with E-state index in [-0.39, 0.29) is 5.91 Å². The van der Waals surface area contributed by atoms with E-state index in [1.54, 1.807) is 23.0 Å². The summed E-state index contributed by atoms with van der Waals surface area (Å²) in [5, 5.41) is 11.3. The molecule has 0 atom stereocenters. The fourth-order valence-corrected chi connectivity index (χ4v) is 2.31. The minimum absolute atomic E-state index is 0.171. The molecule has 1 aromatic carbocycles. The summed E-state index contributed by atoms with van der Waals surface area (Å²) in [5.41, 5.74) is 2.05. The van der Waals surface area contributed by atoms with E-state index in [2.05, 4.69) is 25.7 Å². The van der Waals surface area contributed by atoms with Crippen LogP contribution in [0.25, 0.3) is 11.0 Å². The third-order valence-electron chi connectivity index (χ3n) is 3.07. The number of hydrogen-bond acceptors (Lipinski definition) is 5. The van der Waals surface area contributed by atoms with Crippen LogP contribution in [0.2, 0.25) is 5.02 Å². The molecule has 2 N–H and O–H groups in total. The minimum atomic E-state index is -0.171. The minimum Gasteiger partial charge on any atom is -0.339 e. The van der Waals surface area contributed by atoms with Crippen LogP contribution in [0.5, 0.6) is 0 Å². The molecule has 8 heteroatoms. The van der Waals surface area contributed by atoms with Gasteiger partial charge in [-0.3, -0.25) is 9.48 Å². The number of carbonyl (C=O) groups excluding carboxylic acids is 1. The second-order valence-corrected chi connectivity index (χ2v) is 5.14. The Morgan fingerprint density at radius 1 is 1.32 bits per heavy atom. The summed E-state index contributed by atoms with van der Waals surface area (Å²) in [6.45, 7) is 1.43. The van der Waals surface area contributed by atoms with Gasteiger partial charge < -0.3 is 10.6 Å². The van der Waals surface area contributed by atoms with E-state index in [9.17, 15) is 4.79 Å². The molecular formula is C14H13ClN6O. The number of rotatable bonds is 3. The first kappa shape index (κ1) is 14.3. The van der Waals surface area contributed by atoms with Crippen molar-refractivity contribution in [2.75, 3.05) is 10.6 Å². The Kier molecular flexibility index (Phi) is 3.64. The molecule has 0 saturated heterocycles. The van der Waals surface area contributed by atoms with Gasteiger partial charge in [0.1, 0.15) is 12.1 Å². The molecule has 0 saturated carbocycles. The molecule has 0 spiro atoms. The molecule has 2 heterocycles. The van der Waals surface area contributed by atoms with E-state index >= 15 is 0 Å². The highest BCUT2D eigenvalue weighted by molar-refractivity contribution is 6.34. The summed E-state index contributed by atoms with van der Waals surface area (Å²) < 4.78 is 1.68. The molecule has 112 valence electrons. The zero-order valence-corrected chi connectivity index (χ0v) is 12.7. The lowest BCUT2D eigenvalue weighted by Crippen LogP contribution is -2.06. The van der Waals surface area contributed by atoms with Crippen LogP contribution in [0.15, 0.2) is 30.7 Å². The first-order chi connectivity index (χ1) is 10.5. The predicted octanol–water partition coefficient (Wildman–Crippen LogP) is 2.72. The van der Waals surface area contributed by atoms with Crippen LogP contribution in [0.4, 0.5) is 17.2 Å². The number of nitrogens with zero attached hydrogens (tertiary/aromatic N) is 4. The highest BCUT2D eigenvalue weighted by Crippen LogP contribution is 2.28. The van der Waals surface area contributed by atoms with Crippen molar-refractivity contribution in [2.24, 2.45) is 7.05 Å². The molecule has 3 rings (SSSR count). The van der Waals surface area contributed by atoms with Gasteiger partial charge in [-0.2, -0.15) is 5.10 Å². The molecule has 1 amide bonds. The zero-order chi connectivity index (χ0) is 15.7. The summed E-state index contributed by atoms with van der Waals surface area (Å²) in [4.78, 5) is 19.5. The van der Waals surface area contributed by atoms with E-state index in [4.69, 9.17) is 11.6 Å². The van der Waals surface area contributed by atoms with E-state index < -0.39 is 0 Å². The quantitative estimate of drug-likeness (QED) is 0.776. The van der Waals surface area contributed by atoms with Crippen molar-refractivity contribution in [1.82, 2.24) is 19.7 Å². The fraction of sp³-hybridized carbons (Fsp3) is 0.143. The second-order valence-electron chi connectivity index (χ2n) is 4.73. The Bertz CT molecular complexity index is 860. The number of hydrogen-bond donors (Lipinski definition) is 2. The van der Waals surface area contributed by atoms with Crippen molar-refractivity contribution in [2.45, 2.75) is 6.92 Å². The molecule has 0 aliphatic heterocycles. The third-order valence-corrected chi connectivity index (χ3v) is 3.38. The Morgan fingerprint density at radius 2 is 2.14 bits per heavy atom. The zero-order valence-electron chi connectivity index (χ0n) is 12.0. The summed E-state index contributed by atoms with van der Waals surface area (Å²) >= 11 is 6.16. The number of halogens is 1. The van der Waals surface area contributed by atoms with E-state index in [1.165, 1.54) is 13.3 Å². The van der Waals surface area contributed by atoms with Gasteiger partial charge in [0.15, 0.2) is 5.65 Å². The standard InChI is InChI=1S/C14H13ClN6O/c1-8(22)19-12-4-3-9(5-11(12)15)20-13-10-6-18-21(2)14(10)17-7-16-13/h3-7H,1-2H3,(H,19,22)(H,16,17,20). The number of fused-ring (bicyclic) bond motifs is 1. The van der Waals surface area contributed by atoms with Crippen LogP contribution in [-0.2, 0) is 11.8 Å². The molecule has 0 aliphatic carbocycles. The van der Waals surface area contributed by atoms with Gasteiger partial charge in [-0.1, -0.05) is 11.6 Å². The maximum atomic E-state index is 11.1. The topological polar surface area (TPSA) is 84.7 Å². The number of amides is 1. The van der Waals surface area contributed by atoms with Crippen molar-refractivity contribution in [3.05, 3.63) is 35.7 Å². The van der Waals surface area contributed by atoms with Crippen molar-refractivity contribution in [3.63, 3.8) is 0 Å². The lowest BCUT2D eigenvalue weighted by atomic mass is 10.2. The Labute approximate surface area is 131 Å². The average molecular weight is 317 g/mol. The summed E-state index contributed by atoms with van der Waals surface area (Å²) in [5.74, 6) is 0.469. The number of aromatic nitrogens is 4. The highest BCUT2D eigenvalue weighted by Gasteiger charge is 2.09. The lowest BCUT2D eigenvalue weighted by molar-refractivity contribution is -0.114. The molecule has 3 aromatic rings. The van der Waals surface area contributed by atoms with Crippen molar-refractivity contribution in [1.29, 1.82) is 0 Å². The third kappa shape index (κ3) is 2.71. The summed E-state index contributed by atoms with van der Waals surface area (Å²) in [6, 6.07) is 5.26. The van der Waals surface area contributed by atoms with Crippen LogP contribution in [0, 0.1) is 0 Å². The lowest BCUT2D eigenvalue weighted by Gasteiger charge is -2.09. The van der Waals surface area contributed by atoms with Crippen LogP contribution in [-0.4, -0.2) is 25.7 Å². The van der Waals surface area contributed by atoms with Gasteiger partial charge in [-0.15, -0.1) is 0 Å². The van der Waals surface area contributed by atoms with Gasteiger partial charge in [-0.25, -0.2) is 9.97 Å². The molecule has 2 aromatic heterocycles. The van der Waals surface area contributed by atoms with E-state index in [0.29, 0.717) is 16.5 Å². The number of anilines is 3. The SMILES string of the molecule is CC(=O)Nc1ccc(Nc2ncnc3c2cnn3C)cc1Cl. The van der Waals surface area contributed by atoms with E-state index in [1.807, 2.05) is 13.1 Å². The van der Waals surface area contributed by atoms with Crippen LogP contribution >= 0.6 is 11.6 Å². The monoisotopic (exact) mass is 316 g/mol. The van der Waals surface area contributed by atoms with Gasteiger partial charge >= 0.3 is 0 Å². The molecule has 22 heavy (non-hydrogen) atoms. The number of nitrogens with one attached hydrogen (secondary N) is 2. The maximum Gasteiger partial charge on any atom is 0.221 e. The molecular weight excluding hydrogens is 304 g/mol. The molecule has 0 radical (unpaired) electrons. The first-order valence-electron chi connectivity index (χ1n) is 6.51. The molecule has 0 fully saturated rings. The molecule has 0 bridgehead atoms. The summed E-state index contributed by atoms with van der Waals surface area (Å²) in [6.07, 6.45) is 3.17. The first-order valence-corrected chi connectivity index (χ1v) is 6.89. The maximum absolute atomic E-state index is 11.1. The van der Waals surface area contributed by atoms with Crippen LogP contribution in [0.1, 0.15) is 6.92 Å². The van der Waals surface area contributed by atoms with E-state index in [0.717, 1.165) is 16.7 Å². The highest BCUT2D eigenvalue weighted by atomic mass is 35.5. The van der Waals surface area contributed by atoms with Crippen LogP contribution in [0.3, 0.4) is 0 Å². The van der Waals surface area contributed by atoms with Gasteiger partial charge in [0, 0.05) is 19.7 Å². The van der Waals surface area contributed by atoms with Gasteiger partial charge in [-0.05, 0) is 18.2 Å². The molecule has 0 aliphatic rings. The Balaban J connectivity index is 1.92. The Morgan fingerprint density at radius 3 is 2.86 bits per heavy atom. The smallest absolute Gasteiger partial charge is 0.221 e. The normalized spacial score (nSPS) is 10.7. The predicted molar refractivity (Wildman–Crippen MR) is 85.3 cm³/mol.